The molecule has 8 heteroatoms. The smallest absolute Gasteiger partial charge is 0.416 e. The predicted octanol–water partition coefficient (Wildman–Crippen LogP) is 5.07. The van der Waals surface area contributed by atoms with Gasteiger partial charge in [-0.1, -0.05) is 25.8 Å². The van der Waals surface area contributed by atoms with E-state index in [0.717, 1.165) is 31.4 Å². The maximum absolute atomic E-state index is 12.7. The minimum absolute atomic E-state index is 0.0379. The van der Waals surface area contributed by atoms with Crippen molar-refractivity contribution in [3.05, 3.63) is 59.7 Å². The summed E-state index contributed by atoms with van der Waals surface area (Å²) in [6.45, 7) is 2.15. The Hall–Kier alpha value is -3.03. The molecule has 0 radical (unpaired) electrons. The van der Waals surface area contributed by atoms with E-state index in [1.165, 1.54) is 36.4 Å². The molecule has 2 aromatic carbocycles. The first-order chi connectivity index (χ1) is 13.8. The van der Waals surface area contributed by atoms with Gasteiger partial charge in [-0.3, -0.25) is 4.79 Å². The summed E-state index contributed by atoms with van der Waals surface area (Å²) < 4.78 is 48.6. The van der Waals surface area contributed by atoms with Crippen LogP contribution in [0.15, 0.2) is 48.5 Å². The Kier molecular flexibility index (Phi) is 8.06. The molecule has 1 amide bonds. The first-order valence-electron chi connectivity index (χ1n) is 9.16. The predicted molar refractivity (Wildman–Crippen MR) is 102 cm³/mol. The molecule has 0 atom stereocenters. The normalized spacial score (nSPS) is 11.0. The molecule has 5 nitrogen and oxygen atoms in total. The van der Waals surface area contributed by atoms with Crippen molar-refractivity contribution >= 4 is 17.6 Å². The van der Waals surface area contributed by atoms with Crippen LogP contribution in [0.1, 0.15) is 42.1 Å². The number of halogens is 3. The number of rotatable bonds is 9. The summed E-state index contributed by atoms with van der Waals surface area (Å²) in [7, 11) is 0. The van der Waals surface area contributed by atoms with E-state index in [1.807, 2.05) is 0 Å². The van der Waals surface area contributed by atoms with Gasteiger partial charge in [0.1, 0.15) is 5.75 Å². The lowest BCUT2D eigenvalue weighted by Crippen LogP contribution is -2.16. The highest BCUT2D eigenvalue weighted by molar-refractivity contribution is 6.04. The zero-order valence-corrected chi connectivity index (χ0v) is 15.9. The number of hydrogen-bond acceptors (Lipinski definition) is 4. The van der Waals surface area contributed by atoms with Crippen LogP contribution in [0.2, 0.25) is 0 Å². The molecule has 0 aliphatic heterocycles. The van der Waals surface area contributed by atoms with Gasteiger partial charge in [0.15, 0.2) is 6.61 Å². The summed E-state index contributed by atoms with van der Waals surface area (Å²) in [5, 5.41) is 2.42. The minimum Gasteiger partial charge on any atom is -0.482 e. The van der Waals surface area contributed by atoms with Crippen molar-refractivity contribution in [2.75, 3.05) is 18.5 Å². The monoisotopic (exact) mass is 409 g/mol. The standard InChI is InChI=1S/C21H22F3NO4/c1-2-3-4-12-28-19(26)14-29-18-10-8-15(9-11-18)20(27)25-17-7-5-6-16(13-17)21(22,23)24/h5-11,13H,2-4,12,14H2,1H3,(H,25,27). The van der Waals surface area contributed by atoms with Crippen molar-refractivity contribution in [1.29, 1.82) is 0 Å². The molecule has 0 bridgehead atoms. The van der Waals surface area contributed by atoms with Gasteiger partial charge in [-0.05, 0) is 48.9 Å². The third-order valence-electron chi connectivity index (χ3n) is 3.93. The average Bonchev–Trinajstić information content (AvgIpc) is 2.69. The first-order valence-corrected chi connectivity index (χ1v) is 9.16. The molecule has 1 N–H and O–H groups in total. The van der Waals surface area contributed by atoms with E-state index in [1.54, 1.807) is 0 Å². The van der Waals surface area contributed by atoms with Crippen molar-refractivity contribution < 1.29 is 32.2 Å². The molecule has 2 rings (SSSR count). The van der Waals surface area contributed by atoms with Gasteiger partial charge < -0.3 is 14.8 Å². The molecular weight excluding hydrogens is 387 g/mol. The highest BCUT2D eigenvalue weighted by atomic mass is 19.4. The molecule has 29 heavy (non-hydrogen) atoms. The van der Waals surface area contributed by atoms with Crippen molar-refractivity contribution in [3.63, 3.8) is 0 Å². The molecular formula is C21H22F3NO4. The Bertz CT molecular complexity index is 819. The topological polar surface area (TPSA) is 64.6 Å². The molecule has 0 unspecified atom stereocenters. The summed E-state index contributed by atoms with van der Waals surface area (Å²) in [4.78, 5) is 23.8. The van der Waals surface area contributed by atoms with E-state index < -0.39 is 23.6 Å². The van der Waals surface area contributed by atoms with Crippen LogP contribution >= 0.6 is 0 Å². The second-order valence-electron chi connectivity index (χ2n) is 6.27. The highest BCUT2D eigenvalue weighted by Crippen LogP contribution is 2.30. The van der Waals surface area contributed by atoms with Gasteiger partial charge in [-0.15, -0.1) is 0 Å². The Morgan fingerprint density at radius 1 is 1.03 bits per heavy atom. The largest absolute Gasteiger partial charge is 0.482 e. The van der Waals surface area contributed by atoms with Gasteiger partial charge >= 0.3 is 12.1 Å². The van der Waals surface area contributed by atoms with E-state index in [9.17, 15) is 22.8 Å². The summed E-state index contributed by atoms with van der Waals surface area (Å²) in [5.74, 6) is -0.676. The van der Waals surface area contributed by atoms with Crippen LogP contribution in [-0.2, 0) is 15.7 Å². The average molecular weight is 409 g/mol. The van der Waals surface area contributed by atoms with Gasteiger partial charge in [0.2, 0.25) is 0 Å². The van der Waals surface area contributed by atoms with E-state index in [2.05, 4.69) is 12.2 Å². The number of esters is 1. The van der Waals surface area contributed by atoms with Gasteiger partial charge in [0, 0.05) is 11.3 Å². The fourth-order valence-electron chi connectivity index (χ4n) is 2.40. The van der Waals surface area contributed by atoms with Crippen molar-refractivity contribution in [3.8, 4) is 5.75 Å². The third kappa shape index (κ3) is 7.48. The fourth-order valence-corrected chi connectivity index (χ4v) is 2.40. The molecule has 0 fully saturated rings. The molecule has 0 heterocycles. The Morgan fingerprint density at radius 3 is 2.41 bits per heavy atom. The lowest BCUT2D eigenvalue weighted by molar-refractivity contribution is -0.146. The molecule has 0 saturated heterocycles. The summed E-state index contributed by atoms with van der Waals surface area (Å²) in [5.41, 5.74) is -0.575. The number of benzene rings is 2. The van der Waals surface area contributed by atoms with Gasteiger partial charge in [-0.25, -0.2) is 4.79 Å². The second kappa shape index (κ2) is 10.5. The third-order valence-corrected chi connectivity index (χ3v) is 3.93. The number of hydrogen-bond donors (Lipinski definition) is 1. The van der Waals surface area contributed by atoms with E-state index in [0.29, 0.717) is 12.4 Å². The maximum Gasteiger partial charge on any atom is 0.416 e. The summed E-state index contributed by atoms with van der Waals surface area (Å²) >= 11 is 0. The van der Waals surface area contributed by atoms with Crippen molar-refractivity contribution in [2.45, 2.75) is 32.4 Å². The number of nitrogens with one attached hydrogen (secondary N) is 1. The zero-order valence-electron chi connectivity index (χ0n) is 15.9. The minimum atomic E-state index is -4.49. The Balaban J connectivity index is 1.86. The van der Waals surface area contributed by atoms with E-state index in [-0.39, 0.29) is 17.9 Å². The first kappa shape index (κ1) is 22.3. The molecule has 0 saturated carbocycles. The number of carbonyl (C=O) groups excluding carboxylic acids is 2. The van der Waals surface area contributed by atoms with Crippen LogP contribution in [0.3, 0.4) is 0 Å². The fraction of sp³-hybridized carbons (Fsp3) is 0.333. The maximum atomic E-state index is 12.7. The van der Waals surface area contributed by atoms with Crippen LogP contribution in [0.4, 0.5) is 18.9 Å². The zero-order chi connectivity index (χ0) is 21.3. The van der Waals surface area contributed by atoms with Crippen LogP contribution in [0.25, 0.3) is 0 Å². The van der Waals surface area contributed by atoms with Gasteiger partial charge in [0.25, 0.3) is 5.91 Å². The van der Waals surface area contributed by atoms with Gasteiger partial charge in [0.05, 0.1) is 12.2 Å². The number of anilines is 1. The number of unbranched alkanes of at least 4 members (excludes halogenated alkanes) is 2. The molecule has 156 valence electrons. The molecule has 0 aromatic heterocycles. The molecule has 0 spiro atoms. The van der Waals surface area contributed by atoms with Crippen molar-refractivity contribution in [2.24, 2.45) is 0 Å². The number of amides is 1. The van der Waals surface area contributed by atoms with Crippen LogP contribution < -0.4 is 10.1 Å². The quantitative estimate of drug-likeness (QED) is 0.464. The number of ether oxygens (including phenoxy) is 2. The SMILES string of the molecule is CCCCCOC(=O)COc1ccc(C(=O)Nc2cccc(C(F)(F)F)c2)cc1. The van der Waals surface area contributed by atoms with E-state index in [4.69, 9.17) is 9.47 Å². The Morgan fingerprint density at radius 2 is 1.76 bits per heavy atom. The highest BCUT2D eigenvalue weighted by Gasteiger charge is 2.30. The summed E-state index contributed by atoms with van der Waals surface area (Å²) in [6, 6.07) is 10.3. The molecule has 2 aromatic rings. The van der Waals surface area contributed by atoms with Crippen LogP contribution in [0.5, 0.6) is 5.75 Å². The lowest BCUT2D eigenvalue weighted by atomic mass is 10.1. The van der Waals surface area contributed by atoms with Crippen LogP contribution in [0, 0.1) is 0 Å². The Labute approximate surface area is 166 Å². The second-order valence-corrected chi connectivity index (χ2v) is 6.27. The number of alkyl halides is 3. The van der Waals surface area contributed by atoms with E-state index >= 15 is 0 Å². The van der Waals surface area contributed by atoms with Crippen molar-refractivity contribution in [1.82, 2.24) is 0 Å². The lowest BCUT2D eigenvalue weighted by Gasteiger charge is -2.10. The molecule has 0 aliphatic rings. The van der Waals surface area contributed by atoms with Crippen LogP contribution in [-0.4, -0.2) is 25.1 Å². The number of carbonyl (C=O) groups is 2. The summed E-state index contributed by atoms with van der Waals surface area (Å²) in [6.07, 6.45) is -1.67. The van der Waals surface area contributed by atoms with Gasteiger partial charge in [-0.2, -0.15) is 13.2 Å². The molecule has 0 aliphatic carbocycles.